The molecule has 0 spiro atoms. The van der Waals surface area contributed by atoms with Gasteiger partial charge in [-0.1, -0.05) is 12.8 Å². The number of carbonyl (C=O) groups is 1. The van der Waals surface area contributed by atoms with Gasteiger partial charge in [-0.3, -0.25) is 4.79 Å². The molecule has 2 N–H and O–H groups in total. The summed E-state index contributed by atoms with van der Waals surface area (Å²) in [4.78, 5) is 14.9. The number of hydrogen-bond donors (Lipinski definition) is 2. The van der Waals surface area contributed by atoms with Crippen LogP contribution in [0.2, 0.25) is 0 Å². The molecule has 94 valence electrons. The van der Waals surface area contributed by atoms with Crippen molar-refractivity contribution >= 4 is 22.4 Å². The highest BCUT2D eigenvalue weighted by molar-refractivity contribution is 7.13. The van der Waals surface area contributed by atoms with E-state index < -0.39 is 5.97 Å². The summed E-state index contributed by atoms with van der Waals surface area (Å²) in [5.41, 5.74) is 1.06. The van der Waals surface area contributed by atoms with Crippen LogP contribution in [-0.2, 0) is 11.2 Å². The molecule has 5 heteroatoms. The van der Waals surface area contributed by atoms with Gasteiger partial charge in [0.25, 0.3) is 0 Å². The number of nitrogens with one attached hydrogen (secondary N) is 1. The molecule has 0 unspecified atom stereocenters. The van der Waals surface area contributed by atoms with Crippen molar-refractivity contribution < 1.29 is 9.90 Å². The maximum absolute atomic E-state index is 10.5. The van der Waals surface area contributed by atoms with Crippen LogP contribution in [0.5, 0.6) is 0 Å². The van der Waals surface area contributed by atoms with E-state index in [1.807, 2.05) is 5.38 Å². The Labute approximate surface area is 105 Å². The van der Waals surface area contributed by atoms with Crippen molar-refractivity contribution in [3.8, 4) is 0 Å². The number of carboxylic acid groups (broad SMARTS) is 1. The smallest absolute Gasteiger partial charge is 0.303 e. The van der Waals surface area contributed by atoms with Gasteiger partial charge in [0.1, 0.15) is 0 Å². The molecular weight excluding hydrogens is 236 g/mol. The van der Waals surface area contributed by atoms with E-state index in [0.29, 0.717) is 6.42 Å². The Morgan fingerprint density at radius 1 is 1.59 bits per heavy atom. The van der Waals surface area contributed by atoms with Crippen LogP contribution >= 0.6 is 11.3 Å². The van der Waals surface area contributed by atoms with Crippen LogP contribution in [0.25, 0.3) is 0 Å². The molecule has 0 atom stereocenters. The Bertz CT molecular complexity index is 397. The van der Waals surface area contributed by atoms with Gasteiger partial charge in [-0.05, 0) is 19.8 Å². The van der Waals surface area contributed by atoms with Crippen LogP contribution in [-0.4, -0.2) is 21.6 Å². The Morgan fingerprint density at radius 2 is 2.29 bits per heavy atom. The highest BCUT2D eigenvalue weighted by atomic mass is 32.1. The van der Waals surface area contributed by atoms with Crippen LogP contribution in [0.15, 0.2) is 5.38 Å². The third kappa shape index (κ3) is 3.43. The van der Waals surface area contributed by atoms with E-state index in [1.54, 1.807) is 11.3 Å². The number of aromatic nitrogens is 1. The number of carboxylic acids is 1. The van der Waals surface area contributed by atoms with Gasteiger partial charge in [0, 0.05) is 17.3 Å². The SMILES string of the molecule is CC1(Nc2nc(CCC(=O)O)cs2)CCCC1. The van der Waals surface area contributed by atoms with Crippen molar-refractivity contribution in [3.63, 3.8) is 0 Å². The molecule has 0 saturated heterocycles. The standard InChI is InChI=1S/C12H18N2O2S/c1-12(6-2-3-7-12)14-11-13-9(8-17-11)4-5-10(15)16/h8H,2-7H2,1H3,(H,13,14)(H,15,16). The van der Waals surface area contributed by atoms with Gasteiger partial charge in [0.05, 0.1) is 12.1 Å². The molecule has 1 saturated carbocycles. The predicted octanol–water partition coefficient (Wildman–Crippen LogP) is 2.90. The van der Waals surface area contributed by atoms with E-state index in [-0.39, 0.29) is 12.0 Å². The van der Waals surface area contributed by atoms with Gasteiger partial charge in [-0.2, -0.15) is 0 Å². The first kappa shape index (κ1) is 12.4. The van der Waals surface area contributed by atoms with Crippen LogP contribution in [0.4, 0.5) is 5.13 Å². The zero-order chi connectivity index (χ0) is 12.3. The normalized spacial score (nSPS) is 18.2. The van der Waals surface area contributed by atoms with Gasteiger partial charge in [0.2, 0.25) is 0 Å². The number of anilines is 1. The van der Waals surface area contributed by atoms with Crippen LogP contribution in [0.3, 0.4) is 0 Å². The van der Waals surface area contributed by atoms with E-state index in [9.17, 15) is 4.79 Å². The summed E-state index contributed by atoms with van der Waals surface area (Å²) in [6, 6.07) is 0. The predicted molar refractivity (Wildman–Crippen MR) is 68.6 cm³/mol. The first-order valence-corrected chi connectivity index (χ1v) is 6.90. The highest BCUT2D eigenvalue weighted by Gasteiger charge is 2.29. The van der Waals surface area contributed by atoms with Crippen molar-refractivity contribution in [3.05, 3.63) is 11.1 Å². The molecule has 4 nitrogen and oxygen atoms in total. The summed E-state index contributed by atoms with van der Waals surface area (Å²) in [7, 11) is 0. The fourth-order valence-electron chi connectivity index (χ4n) is 2.25. The fraction of sp³-hybridized carbons (Fsp3) is 0.667. The summed E-state index contributed by atoms with van der Waals surface area (Å²) in [6.07, 6.45) is 5.61. The number of thiazole rings is 1. The third-order valence-electron chi connectivity index (χ3n) is 3.26. The molecule has 1 aliphatic rings. The first-order chi connectivity index (χ1) is 8.07. The quantitative estimate of drug-likeness (QED) is 0.848. The molecule has 1 aromatic heterocycles. The van der Waals surface area contributed by atoms with Crippen molar-refractivity contribution in [2.45, 2.75) is 51.0 Å². The molecule has 0 aromatic carbocycles. The zero-order valence-electron chi connectivity index (χ0n) is 10.0. The van der Waals surface area contributed by atoms with Crippen molar-refractivity contribution in [2.24, 2.45) is 0 Å². The number of aryl methyl sites for hydroxylation is 1. The van der Waals surface area contributed by atoms with Gasteiger partial charge in [0.15, 0.2) is 5.13 Å². The van der Waals surface area contributed by atoms with Gasteiger partial charge < -0.3 is 10.4 Å². The summed E-state index contributed by atoms with van der Waals surface area (Å²) < 4.78 is 0. The van der Waals surface area contributed by atoms with Crippen LogP contribution < -0.4 is 5.32 Å². The third-order valence-corrected chi connectivity index (χ3v) is 4.07. The molecule has 1 aliphatic carbocycles. The van der Waals surface area contributed by atoms with E-state index in [1.165, 1.54) is 25.7 Å². The molecule has 0 radical (unpaired) electrons. The Kier molecular flexibility index (Phi) is 3.66. The Morgan fingerprint density at radius 3 is 2.94 bits per heavy atom. The lowest BCUT2D eigenvalue weighted by Gasteiger charge is -2.24. The monoisotopic (exact) mass is 254 g/mol. The second-order valence-electron chi connectivity index (χ2n) is 4.93. The Hall–Kier alpha value is -1.10. The molecule has 17 heavy (non-hydrogen) atoms. The van der Waals surface area contributed by atoms with Crippen LogP contribution in [0.1, 0.15) is 44.7 Å². The number of aliphatic carboxylic acids is 1. The summed E-state index contributed by atoms with van der Waals surface area (Å²) >= 11 is 1.57. The molecular formula is C12H18N2O2S. The minimum Gasteiger partial charge on any atom is -0.481 e. The van der Waals surface area contributed by atoms with E-state index in [4.69, 9.17) is 5.11 Å². The van der Waals surface area contributed by atoms with Gasteiger partial charge in [-0.15, -0.1) is 11.3 Å². The van der Waals surface area contributed by atoms with E-state index in [0.717, 1.165) is 10.8 Å². The second-order valence-corrected chi connectivity index (χ2v) is 5.79. The zero-order valence-corrected chi connectivity index (χ0v) is 10.8. The molecule has 0 bridgehead atoms. The minimum atomic E-state index is -0.768. The highest BCUT2D eigenvalue weighted by Crippen LogP contribution is 2.33. The summed E-state index contributed by atoms with van der Waals surface area (Å²) in [5.74, 6) is -0.768. The lowest BCUT2D eigenvalue weighted by molar-refractivity contribution is -0.136. The molecule has 0 aliphatic heterocycles. The number of nitrogens with zero attached hydrogens (tertiary/aromatic N) is 1. The maximum Gasteiger partial charge on any atom is 0.303 e. The van der Waals surface area contributed by atoms with Crippen molar-refractivity contribution in [1.82, 2.24) is 4.98 Å². The molecule has 1 aromatic rings. The topological polar surface area (TPSA) is 62.2 Å². The Balaban J connectivity index is 1.91. The average Bonchev–Trinajstić information content (AvgIpc) is 2.85. The minimum absolute atomic E-state index is 0.153. The van der Waals surface area contributed by atoms with Crippen molar-refractivity contribution in [2.75, 3.05) is 5.32 Å². The molecule has 0 amide bonds. The largest absolute Gasteiger partial charge is 0.481 e. The van der Waals surface area contributed by atoms with E-state index in [2.05, 4.69) is 17.2 Å². The van der Waals surface area contributed by atoms with Gasteiger partial charge in [-0.25, -0.2) is 4.98 Å². The lowest BCUT2D eigenvalue weighted by atomic mass is 10.0. The summed E-state index contributed by atoms with van der Waals surface area (Å²) in [5, 5.41) is 15.0. The average molecular weight is 254 g/mol. The first-order valence-electron chi connectivity index (χ1n) is 6.02. The van der Waals surface area contributed by atoms with Crippen LogP contribution in [0, 0.1) is 0 Å². The molecule has 2 rings (SSSR count). The fourth-order valence-corrected chi connectivity index (χ4v) is 3.15. The lowest BCUT2D eigenvalue weighted by Crippen LogP contribution is -2.30. The van der Waals surface area contributed by atoms with Crippen molar-refractivity contribution in [1.29, 1.82) is 0 Å². The van der Waals surface area contributed by atoms with Gasteiger partial charge >= 0.3 is 5.97 Å². The molecule has 1 heterocycles. The molecule has 1 fully saturated rings. The maximum atomic E-state index is 10.5. The second kappa shape index (κ2) is 5.04. The number of rotatable bonds is 5. The summed E-state index contributed by atoms with van der Waals surface area (Å²) in [6.45, 7) is 2.23. The van der Waals surface area contributed by atoms with E-state index >= 15 is 0 Å². The number of hydrogen-bond acceptors (Lipinski definition) is 4.